The number of H-pyrrole nitrogens is 1. The van der Waals surface area contributed by atoms with Crippen LogP contribution in [0.5, 0.6) is 0 Å². The van der Waals surface area contributed by atoms with Gasteiger partial charge in [0.2, 0.25) is 0 Å². The number of imidazole rings is 1. The molecule has 1 atom stereocenters. The number of aliphatic carboxylic acids is 1. The van der Waals surface area contributed by atoms with Crippen LogP contribution in [0.1, 0.15) is 12.7 Å². The third kappa shape index (κ3) is 7.87. The number of aliphatic hydroxyl groups is 1. The van der Waals surface area contributed by atoms with Crippen molar-refractivity contribution in [2.75, 3.05) is 20.7 Å². The lowest BCUT2D eigenvalue weighted by atomic mass is 10.2. The second-order valence-electron chi connectivity index (χ2n) is 5.68. The van der Waals surface area contributed by atoms with Crippen molar-refractivity contribution >= 4 is 16.9 Å². The summed E-state index contributed by atoms with van der Waals surface area (Å²) in [6.07, 6.45) is 5.84. The van der Waals surface area contributed by atoms with Gasteiger partial charge in [0, 0.05) is 30.4 Å². The van der Waals surface area contributed by atoms with Crippen LogP contribution in [-0.2, 0) is 11.2 Å². The van der Waals surface area contributed by atoms with Gasteiger partial charge in [0.05, 0.1) is 12.1 Å². The Labute approximate surface area is 153 Å². The van der Waals surface area contributed by atoms with E-state index in [1.165, 1.54) is 5.39 Å². The van der Waals surface area contributed by atoms with Crippen LogP contribution in [0.25, 0.3) is 10.9 Å². The average molecular weight is 358 g/mol. The first-order chi connectivity index (χ1) is 12.5. The van der Waals surface area contributed by atoms with Gasteiger partial charge in [-0.2, -0.15) is 0 Å². The van der Waals surface area contributed by atoms with Crippen LogP contribution >= 0.6 is 0 Å². The number of carboxylic acids is 1. The fourth-order valence-electron chi connectivity index (χ4n) is 1.78. The third-order valence-electron chi connectivity index (χ3n) is 3.55. The molecule has 140 valence electrons. The minimum Gasteiger partial charge on any atom is -0.480 e. The molecule has 0 saturated heterocycles. The number of aromatic nitrogens is 3. The highest BCUT2D eigenvalue weighted by molar-refractivity contribution is 5.77. The number of aromatic amines is 1. The highest BCUT2D eigenvalue weighted by atomic mass is 16.4. The molecule has 0 radical (unpaired) electrons. The summed E-state index contributed by atoms with van der Waals surface area (Å²) in [6.45, 7) is 1.80. The van der Waals surface area contributed by atoms with Crippen LogP contribution in [0.4, 0.5) is 0 Å². The number of fused-ring (bicyclic) bond motifs is 1. The highest BCUT2D eigenvalue weighted by Gasteiger charge is 2.11. The van der Waals surface area contributed by atoms with E-state index in [2.05, 4.69) is 27.1 Å². The Morgan fingerprint density at radius 1 is 1.15 bits per heavy atom. The lowest BCUT2D eigenvalue weighted by Crippen LogP contribution is -2.32. The number of likely N-dealkylation sites (N-methyl/N-ethyl adjacent to an activating group) is 1. The van der Waals surface area contributed by atoms with E-state index in [0.717, 1.165) is 11.3 Å². The molecule has 0 bridgehead atoms. The fourth-order valence-corrected chi connectivity index (χ4v) is 1.78. The van der Waals surface area contributed by atoms with Gasteiger partial charge in [0.15, 0.2) is 0 Å². The molecule has 7 nitrogen and oxygen atoms in total. The monoisotopic (exact) mass is 358 g/mol. The fraction of sp³-hybridized carbons (Fsp3) is 0.316. The van der Waals surface area contributed by atoms with Crippen molar-refractivity contribution in [2.24, 2.45) is 0 Å². The lowest BCUT2D eigenvalue weighted by Gasteiger charge is -2.13. The van der Waals surface area contributed by atoms with Crippen LogP contribution in [0.3, 0.4) is 0 Å². The van der Waals surface area contributed by atoms with Crippen LogP contribution < -0.4 is 0 Å². The van der Waals surface area contributed by atoms with E-state index in [9.17, 15) is 4.79 Å². The van der Waals surface area contributed by atoms with E-state index < -0.39 is 5.97 Å². The average Bonchev–Trinajstić information content (AvgIpc) is 3.15. The van der Waals surface area contributed by atoms with E-state index >= 15 is 0 Å². The number of carboxylic acid groups (broad SMARTS) is 1. The quantitative estimate of drug-likeness (QED) is 0.661. The van der Waals surface area contributed by atoms with Crippen LogP contribution in [0.2, 0.25) is 0 Å². The predicted molar refractivity (Wildman–Crippen MR) is 102 cm³/mol. The van der Waals surface area contributed by atoms with Gasteiger partial charge < -0.3 is 15.2 Å². The summed E-state index contributed by atoms with van der Waals surface area (Å²) >= 11 is 0. The molecule has 0 spiro atoms. The first-order valence-electron chi connectivity index (χ1n) is 8.23. The van der Waals surface area contributed by atoms with Crippen molar-refractivity contribution in [2.45, 2.75) is 19.4 Å². The first-order valence-corrected chi connectivity index (χ1v) is 8.23. The number of hydrogen-bond acceptors (Lipinski definition) is 5. The molecule has 2 aromatic heterocycles. The molecule has 3 rings (SSSR count). The van der Waals surface area contributed by atoms with Gasteiger partial charge in [0.1, 0.15) is 11.9 Å². The Morgan fingerprint density at radius 3 is 2.35 bits per heavy atom. The Hall–Kier alpha value is -2.77. The predicted octanol–water partition coefficient (Wildman–Crippen LogP) is 2.20. The van der Waals surface area contributed by atoms with Gasteiger partial charge in [0.25, 0.3) is 0 Å². The summed E-state index contributed by atoms with van der Waals surface area (Å²) in [6, 6.07) is 11.7. The zero-order valence-corrected chi connectivity index (χ0v) is 15.3. The standard InChI is InChI=1S/C9H7N.C5H8N2O.C5H11NO2/c1-2-6-9-8(4-1)5-3-7-10-9;8-4-1-5-6-2-3-7-5;1-4(5(7)8)6(2)3/h1-7H;2-3,8H,1,4H2,(H,6,7);4H,1-3H3,(H,7,8). The number of carbonyl (C=O) groups is 1. The smallest absolute Gasteiger partial charge is 0.320 e. The molecule has 7 heteroatoms. The van der Waals surface area contributed by atoms with E-state index in [4.69, 9.17) is 10.2 Å². The lowest BCUT2D eigenvalue weighted by molar-refractivity contribution is -0.141. The molecule has 0 aliphatic carbocycles. The molecule has 1 aromatic carbocycles. The molecule has 3 N–H and O–H groups in total. The molecule has 1 unspecified atom stereocenters. The molecular weight excluding hydrogens is 332 g/mol. The number of benzene rings is 1. The Balaban J connectivity index is 0.000000198. The van der Waals surface area contributed by atoms with Crippen LogP contribution in [0.15, 0.2) is 55.0 Å². The Bertz CT molecular complexity index is 695. The molecule has 2 heterocycles. The second kappa shape index (κ2) is 11.7. The minimum atomic E-state index is -0.782. The zero-order chi connectivity index (χ0) is 19.4. The largest absolute Gasteiger partial charge is 0.480 e. The summed E-state index contributed by atoms with van der Waals surface area (Å²) in [5.74, 6) is 0.0579. The molecule has 0 fully saturated rings. The number of pyridine rings is 1. The summed E-state index contributed by atoms with van der Waals surface area (Å²) in [5.41, 5.74) is 1.06. The maximum absolute atomic E-state index is 10.1. The van der Waals surface area contributed by atoms with Gasteiger partial charge in [-0.25, -0.2) is 4.98 Å². The van der Waals surface area contributed by atoms with Gasteiger partial charge in [-0.05, 0) is 33.2 Å². The second-order valence-corrected chi connectivity index (χ2v) is 5.68. The van der Waals surface area contributed by atoms with E-state index in [0.29, 0.717) is 6.42 Å². The van der Waals surface area contributed by atoms with Crippen molar-refractivity contribution in [1.82, 2.24) is 19.9 Å². The van der Waals surface area contributed by atoms with Crippen LogP contribution in [-0.4, -0.2) is 62.8 Å². The minimum absolute atomic E-state index is 0.160. The number of rotatable bonds is 4. The SMILES string of the molecule is CC(C(=O)O)N(C)C.OCCc1ncc[nH]1.c1ccc2ncccc2c1. The molecule has 0 saturated carbocycles. The van der Waals surface area contributed by atoms with E-state index in [1.807, 2.05) is 30.5 Å². The first kappa shape index (κ1) is 21.3. The van der Waals surface area contributed by atoms with Crippen molar-refractivity contribution in [3.05, 3.63) is 60.8 Å². The molecular formula is C19H26N4O3. The van der Waals surface area contributed by atoms with Gasteiger partial charge >= 0.3 is 5.97 Å². The van der Waals surface area contributed by atoms with Gasteiger partial charge in [-0.15, -0.1) is 0 Å². The molecule has 0 aliphatic heterocycles. The van der Waals surface area contributed by atoms with Crippen LogP contribution in [0, 0.1) is 0 Å². The molecule has 0 aliphatic rings. The molecule has 0 amide bonds. The number of para-hydroxylation sites is 1. The number of nitrogens with zero attached hydrogens (tertiary/aromatic N) is 3. The maximum Gasteiger partial charge on any atom is 0.320 e. The van der Waals surface area contributed by atoms with Crippen molar-refractivity contribution in [3.8, 4) is 0 Å². The number of hydrogen-bond donors (Lipinski definition) is 3. The van der Waals surface area contributed by atoms with Crippen molar-refractivity contribution in [3.63, 3.8) is 0 Å². The zero-order valence-electron chi connectivity index (χ0n) is 15.3. The Kier molecular flexibility index (Phi) is 9.59. The maximum atomic E-state index is 10.1. The number of aliphatic hydroxyl groups excluding tert-OH is 1. The number of nitrogens with one attached hydrogen (secondary N) is 1. The normalized spacial score (nSPS) is 11.1. The molecule has 26 heavy (non-hydrogen) atoms. The Morgan fingerprint density at radius 2 is 1.85 bits per heavy atom. The van der Waals surface area contributed by atoms with E-state index in [1.54, 1.807) is 38.3 Å². The highest BCUT2D eigenvalue weighted by Crippen LogP contribution is 2.07. The van der Waals surface area contributed by atoms with Crippen molar-refractivity contribution < 1.29 is 15.0 Å². The van der Waals surface area contributed by atoms with Gasteiger partial charge in [-0.3, -0.25) is 14.7 Å². The van der Waals surface area contributed by atoms with Crippen molar-refractivity contribution in [1.29, 1.82) is 0 Å². The summed E-state index contributed by atoms with van der Waals surface area (Å²) < 4.78 is 0. The molecule has 3 aromatic rings. The third-order valence-corrected chi connectivity index (χ3v) is 3.55. The van der Waals surface area contributed by atoms with E-state index in [-0.39, 0.29) is 12.6 Å². The summed E-state index contributed by atoms with van der Waals surface area (Å²) in [7, 11) is 3.47. The topological polar surface area (TPSA) is 102 Å². The van der Waals surface area contributed by atoms with Gasteiger partial charge in [-0.1, -0.05) is 24.3 Å². The summed E-state index contributed by atoms with van der Waals surface area (Å²) in [4.78, 5) is 22.7. The summed E-state index contributed by atoms with van der Waals surface area (Å²) in [5, 5.41) is 17.9.